The summed E-state index contributed by atoms with van der Waals surface area (Å²) in [5.74, 6) is 0. The van der Waals surface area contributed by atoms with E-state index in [0.717, 1.165) is 32.5 Å². The van der Waals surface area contributed by atoms with Crippen molar-refractivity contribution >= 4 is 6.03 Å². The maximum absolute atomic E-state index is 11.8. The van der Waals surface area contributed by atoms with Gasteiger partial charge in [0, 0.05) is 26.7 Å². The Hall–Kier alpha value is -0.770. The van der Waals surface area contributed by atoms with Crippen molar-refractivity contribution in [1.29, 1.82) is 0 Å². The van der Waals surface area contributed by atoms with Crippen molar-refractivity contribution in [1.82, 2.24) is 15.1 Å². The summed E-state index contributed by atoms with van der Waals surface area (Å²) in [6.45, 7) is 4.82. The monoisotopic (exact) mass is 199 g/mol. The van der Waals surface area contributed by atoms with Crippen LogP contribution in [0, 0.1) is 0 Å². The van der Waals surface area contributed by atoms with Crippen molar-refractivity contribution in [2.24, 2.45) is 0 Å². The maximum Gasteiger partial charge on any atom is 0.319 e. The summed E-state index contributed by atoms with van der Waals surface area (Å²) in [5, 5.41) is 3.30. The smallest absolute Gasteiger partial charge is 0.319 e. The van der Waals surface area contributed by atoms with E-state index in [0.29, 0.717) is 6.04 Å². The predicted octanol–water partition coefficient (Wildman–Crippen LogP) is 0.742. The van der Waals surface area contributed by atoms with Gasteiger partial charge in [-0.1, -0.05) is 0 Å². The van der Waals surface area contributed by atoms with Crippen molar-refractivity contribution in [3.05, 3.63) is 0 Å². The van der Waals surface area contributed by atoms with E-state index in [1.807, 2.05) is 25.9 Å². The third kappa shape index (κ3) is 2.61. The highest BCUT2D eigenvalue weighted by Gasteiger charge is 2.23. The average molecular weight is 199 g/mol. The summed E-state index contributed by atoms with van der Waals surface area (Å²) in [4.78, 5) is 15.4. The lowest BCUT2D eigenvalue weighted by Gasteiger charge is -2.34. The lowest BCUT2D eigenvalue weighted by atomic mass is 10.1. The highest BCUT2D eigenvalue weighted by molar-refractivity contribution is 5.74. The molecule has 0 unspecified atom stereocenters. The number of hydrogen-bond acceptors (Lipinski definition) is 2. The van der Waals surface area contributed by atoms with Gasteiger partial charge in [-0.3, -0.25) is 0 Å². The molecular formula is C10H21N3O. The number of hydrogen-bond donors (Lipinski definition) is 1. The highest BCUT2D eigenvalue weighted by atomic mass is 16.2. The molecule has 1 fully saturated rings. The molecule has 2 amide bonds. The zero-order chi connectivity index (χ0) is 10.6. The van der Waals surface area contributed by atoms with Crippen LogP contribution in [0.1, 0.15) is 19.8 Å². The van der Waals surface area contributed by atoms with E-state index in [1.54, 1.807) is 4.90 Å². The zero-order valence-electron chi connectivity index (χ0n) is 9.42. The molecule has 82 valence electrons. The minimum absolute atomic E-state index is 0.138. The molecule has 0 aromatic carbocycles. The predicted molar refractivity (Wildman–Crippen MR) is 57.4 cm³/mol. The number of rotatable bonds is 2. The van der Waals surface area contributed by atoms with Crippen LogP contribution in [0.15, 0.2) is 0 Å². The van der Waals surface area contributed by atoms with Gasteiger partial charge in [-0.15, -0.1) is 0 Å². The summed E-state index contributed by atoms with van der Waals surface area (Å²) in [5.41, 5.74) is 0. The number of carbonyl (C=O) groups excluding carboxylic acids is 1. The molecule has 1 aliphatic heterocycles. The Morgan fingerprint density at radius 3 is 2.43 bits per heavy atom. The van der Waals surface area contributed by atoms with E-state index in [4.69, 9.17) is 0 Å². The van der Waals surface area contributed by atoms with Crippen LogP contribution in [0.3, 0.4) is 0 Å². The first kappa shape index (κ1) is 11.3. The second-order valence-electron chi connectivity index (χ2n) is 3.89. The minimum atomic E-state index is 0.138. The Bertz CT molecular complexity index is 190. The summed E-state index contributed by atoms with van der Waals surface area (Å²) in [7, 11) is 3.75. The summed E-state index contributed by atoms with van der Waals surface area (Å²) < 4.78 is 0. The molecule has 0 aromatic heterocycles. The Labute approximate surface area is 86.2 Å². The minimum Gasteiger partial charge on any atom is -0.328 e. The first-order chi connectivity index (χ1) is 6.66. The summed E-state index contributed by atoms with van der Waals surface area (Å²) in [6.07, 6.45) is 2.14. The fourth-order valence-electron chi connectivity index (χ4n) is 1.75. The van der Waals surface area contributed by atoms with Gasteiger partial charge in [0.15, 0.2) is 0 Å². The topological polar surface area (TPSA) is 35.6 Å². The SMILES string of the molecule is CCN(C)C(=O)N(C)C1CCNCC1. The number of piperidine rings is 1. The molecule has 14 heavy (non-hydrogen) atoms. The third-order valence-electron chi connectivity index (χ3n) is 2.96. The van der Waals surface area contributed by atoms with Gasteiger partial charge in [-0.05, 0) is 32.9 Å². The molecule has 4 heteroatoms. The molecule has 0 atom stereocenters. The van der Waals surface area contributed by atoms with Gasteiger partial charge in [0.2, 0.25) is 0 Å². The molecule has 1 saturated heterocycles. The van der Waals surface area contributed by atoms with Crippen LogP contribution in [0.5, 0.6) is 0 Å². The van der Waals surface area contributed by atoms with Crippen LogP contribution in [0.25, 0.3) is 0 Å². The second-order valence-corrected chi connectivity index (χ2v) is 3.89. The van der Waals surface area contributed by atoms with Gasteiger partial charge < -0.3 is 15.1 Å². The lowest BCUT2D eigenvalue weighted by molar-refractivity contribution is 0.147. The fourth-order valence-corrected chi connectivity index (χ4v) is 1.75. The maximum atomic E-state index is 11.8. The Morgan fingerprint density at radius 2 is 1.93 bits per heavy atom. The zero-order valence-corrected chi connectivity index (χ0v) is 9.42. The molecule has 0 bridgehead atoms. The molecule has 1 aliphatic rings. The van der Waals surface area contributed by atoms with E-state index in [9.17, 15) is 4.79 Å². The largest absolute Gasteiger partial charge is 0.328 e. The van der Waals surface area contributed by atoms with Crippen molar-refractivity contribution < 1.29 is 4.79 Å². The van der Waals surface area contributed by atoms with Gasteiger partial charge in [0.25, 0.3) is 0 Å². The molecule has 0 spiro atoms. The molecule has 0 aromatic rings. The third-order valence-corrected chi connectivity index (χ3v) is 2.96. The lowest BCUT2D eigenvalue weighted by Crippen LogP contribution is -2.48. The second kappa shape index (κ2) is 5.20. The van der Waals surface area contributed by atoms with E-state index in [2.05, 4.69) is 5.32 Å². The van der Waals surface area contributed by atoms with Crippen molar-refractivity contribution in [2.75, 3.05) is 33.7 Å². The standard InChI is InChI=1S/C10H21N3O/c1-4-12(2)10(14)13(3)9-5-7-11-8-6-9/h9,11H,4-8H2,1-3H3. The fraction of sp³-hybridized carbons (Fsp3) is 0.900. The first-order valence-corrected chi connectivity index (χ1v) is 5.35. The molecule has 1 rings (SSSR count). The van der Waals surface area contributed by atoms with Crippen LogP contribution in [-0.4, -0.2) is 55.6 Å². The quantitative estimate of drug-likeness (QED) is 0.712. The molecule has 1 heterocycles. The Balaban J connectivity index is 2.45. The van der Waals surface area contributed by atoms with Crippen LogP contribution in [-0.2, 0) is 0 Å². The normalized spacial score (nSPS) is 17.9. The number of urea groups is 1. The molecule has 0 aliphatic carbocycles. The molecular weight excluding hydrogens is 178 g/mol. The van der Waals surface area contributed by atoms with Crippen molar-refractivity contribution in [2.45, 2.75) is 25.8 Å². The Morgan fingerprint density at radius 1 is 1.36 bits per heavy atom. The van der Waals surface area contributed by atoms with Gasteiger partial charge >= 0.3 is 6.03 Å². The summed E-state index contributed by atoms with van der Waals surface area (Å²) >= 11 is 0. The molecule has 1 N–H and O–H groups in total. The van der Waals surface area contributed by atoms with E-state index < -0.39 is 0 Å². The van der Waals surface area contributed by atoms with Crippen LogP contribution < -0.4 is 5.32 Å². The van der Waals surface area contributed by atoms with Crippen molar-refractivity contribution in [3.8, 4) is 0 Å². The van der Waals surface area contributed by atoms with Crippen molar-refractivity contribution in [3.63, 3.8) is 0 Å². The van der Waals surface area contributed by atoms with Crippen LogP contribution in [0.2, 0.25) is 0 Å². The van der Waals surface area contributed by atoms with Gasteiger partial charge in [-0.2, -0.15) is 0 Å². The number of amides is 2. The number of nitrogens with one attached hydrogen (secondary N) is 1. The Kier molecular flexibility index (Phi) is 4.20. The molecule has 4 nitrogen and oxygen atoms in total. The number of carbonyl (C=O) groups is 1. The summed E-state index contributed by atoms with van der Waals surface area (Å²) in [6, 6.07) is 0.553. The first-order valence-electron chi connectivity index (χ1n) is 5.35. The van der Waals surface area contributed by atoms with Crippen LogP contribution >= 0.6 is 0 Å². The van der Waals surface area contributed by atoms with Gasteiger partial charge in [-0.25, -0.2) is 4.79 Å². The van der Waals surface area contributed by atoms with Crippen LogP contribution in [0.4, 0.5) is 4.79 Å². The average Bonchev–Trinajstić information content (AvgIpc) is 2.27. The molecule has 0 radical (unpaired) electrons. The van der Waals surface area contributed by atoms with Gasteiger partial charge in [0.05, 0.1) is 0 Å². The highest BCUT2D eigenvalue weighted by Crippen LogP contribution is 2.11. The number of nitrogens with zero attached hydrogens (tertiary/aromatic N) is 2. The van der Waals surface area contributed by atoms with E-state index in [-0.39, 0.29) is 6.03 Å². The van der Waals surface area contributed by atoms with E-state index in [1.165, 1.54) is 0 Å². The molecule has 0 saturated carbocycles. The van der Waals surface area contributed by atoms with Gasteiger partial charge in [0.1, 0.15) is 0 Å². The van der Waals surface area contributed by atoms with E-state index >= 15 is 0 Å².